The van der Waals surface area contributed by atoms with Gasteiger partial charge in [-0.05, 0) is 19.9 Å². The number of carbonyl (C=O) groups excluding carboxylic acids is 1. The lowest BCUT2D eigenvalue weighted by atomic mass is 10.0. The first-order chi connectivity index (χ1) is 7.56. The Labute approximate surface area is 97.0 Å². The molecule has 0 aliphatic heterocycles. The molecule has 0 saturated heterocycles. The Kier molecular flexibility index (Phi) is 7.25. The molecule has 8 heteroatoms. The second-order valence-corrected chi connectivity index (χ2v) is 3.03. The fourth-order valence-corrected chi connectivity index (χ4v) is 0.994. The van der Waals surface area contributed by atoms with Crippen LogP contribution in [0.2, 0.25) is 0 Å². The summed E-state index contributed by atoms with van der Waals surface area (Å²) in [6.07, 6.45) is 3.52. The van der Waals surface area contributed by atoms with Crippen molar-refractivity contribution in [1.29, 1.82) is 0 Å². The van der Waals surface area contributed by atoms with E-state index in [1.54, 1.807) is 19.1 Å². The largest absolute Gasteiger partial charge is 0.478 e. The van der Waals surface area contributed by atoms with Crippen molar-refractivity contribution >= 4 is 28.9 Å². The average molecular weight is 244 g/mol. The average Bonchev–Trinajstić information content (AvgIpc) is 2.31. The highest BCUT2D eigenvalue weighted by Crippen LogP contribution is 2.09. The molecule has 0 aromatic rings. The molecule has 0 radical (unpaired) electrons. The van der Waals surface area contributed by atoms with E-state index < -0.39 is 5.97 Å². The summed E-state index contributed by atoms with van der Waals surface area (Å²) in [7, 11) is 3.51. The maximum atomic E-state index is 10.8. The van der Waals surface area contributed by atoms with Crippen molar-refractivity contribution in [2.75, 3.05) is 0 Å². The summed E-state index contributed by atoms with van der Waals surface area (Å²) >= 11 is 0. The first-order valence-corrected chi connectivity index (χ1v) is 4.90. The van der Waals surface area contributed by atoms with Crippen LogP contribution in [-0.2, 0) is 14.2 Å². The summed E-state index contributed by atoms with van der Waals surface area (Å²) in [4.78, 5) is 14.3. The van der Waals surface area contributed by atoms with Gasteiger partial charge in [-0.3, -0.25) is 10.3 Å². The first kappa shape index (κ1) is 14.7. The van der Waals surface area contributed by atoms with Gasteiger partial charge in [0.1, 0.15) is 11.4 Å². The summed E-state index contributed by atoms with van der Waals surface area (Å²) in [5.41, 5.74) is 3.20. The van der Waals surface area contributed by atoms with Gasteiger partial charge in [0, 0.05) is 0 Å². The van der Waals surface area contributed by atoms with Gasteiger partial charge in [0.15, 0.2) is 7.85 Å². The molecule has 0 bridgehead atoms. The highest BCUT2D eigenvalue weighted by atomic mass is 31.0. The molecule has 0 aromatic carbocycles. The van der Waals surface area contributed by atoms with Crippen LogP contribution in [0.1, 0.15) is 13.8 Å². The fraction of sp³-hybridized carbons (Fsp3) is 0.250. The van der Waals surface area contributed by atoms with Gasteiger partial charge in [-0.15, -0.1) is 0 Å². The highest BCUT2D eigenvalue weighted by Gasteiger charge is 2.06. The SMILES string of the molecule is B/C(=N\N/C(C)=C(/C=C\C)OP)C(=O)OO. The molecule has 1 unspecified atom stereocenters. The van der Waals surface area contributed by atoms with Crippen molar-refractivity contribution in [2.24, 2.45) is 5.10 Å². The zero-order chi connectivity index (χ0) is 12.6. The highest BCUT2D eigenvalue weighted by molar-refractivity contribution is 7.10. The molecule has 88 valence electrons. The van der Waals surface area contributed by atoms with Gasteiger partial charge in [0.05, 0.1) is 15.2 Å². The maximum absolute atomic E-state index is 10.8. The number of hydrogen-bond acceptors (Lipinski definition) is 6. The predicted molar refractivity (Wildman–Crippen MR) is 66.1 cm³/mol. The van der Waals surface area contributed by atoms with Gasteiger partial charge >= 0.3 is 5.97 Å². The maximum Gasteiger partial charge on any atom is 0.378 e. The summed E-state index contributed by atoms with van der Waals surface area (Å²) in [6.45, 7) is 3.56. The number of nitrogens with zero attached hydrogens (tertiary/aromatic N) is 1. The van der Waals surface area contributed by atoms with E-state index >= 15 is 0 Å². The lowest BCUT2D eigenvalue weighted by Crippen LogP contribution is -2.20. The third-order valence-corrected chi connectivity index (χ3v) is 1.84. The Hall–Kier alpha value is -1.33. The van der Waals surface area contributed by atoms with E-state index in [0.717, 1.165) is 0 Å². The monoisotopic (exact) mass is 244 g/mol. The van der Waals surface area contributed by atoms with Crippen LogP contribution < -0.4 is 5.43 Å². The van der Waals surface area contributed by atoms with E-state index in [1.807, 2.05) is 6.92 Å². The molecule has 6 nitrogen and oxygen atoms in total. The van der Waals surface area contributed by atoms with Crippen LogP contribution in [0.3, 0.4) is 0 Å². The van der Waals surface area contributed by atoms with Crippen molar-refractivity contribution < 1.29 is 19.5 Å². The summed E-state index contributed by atoms with van der Waals surface area (Å²) in [5.74, 6) is -0.360. The molecule has 0 fully saturated rings. The topological polar surface area (TPSA) is 80.2 Å². The lowest BCUT2D eigenvalue weighted by molar-refractivity contribution is -0.225. The van der Waals surface area contributed by atoms with E-state index in [-0.39, 0.29) is 5.61 Å². The Morgan fingerprint density at radius 3 is 2.69 bits per heavy atom. The minimum atomic E-state index is -0.917. The number of hydrazone groups is 1. The normalized spacial score (nSPS) is 13.4. The van der Waals surface area contributed by atoms with Gasteiger partial charge < -0.3 is 4.52 Å². The summed E-state index contributed by atoms with van der Waals surface area (Å²) < 4.78 is 4.98. The molecule has 0 aromatic heterocycles. The van der Waals surface area contributed by atoms with Gasteiger partial charge in [-0.25, -0.2) is 4.79 Å². The molecule has 0 aliphatic carbocycles. The van der Waals surface area contributed by atoms with Crippen LogP contribution in [0.5, 0.6) is 0 Å². The van der Waals surface area contributed by atoms with Crippen molar-refractivity contribution in [1.82, 2.24) is 5.43 Å². The molecule has 0 spiro atoms. The molecule has 0 saturated carbocycles. The molecule has 0 amide bonds. The number of carbonyl (C=O) groups is 1. The first-order valence-electron chi connectivity index (χ1n) is 4.43. The second-order valence-electron chi connectivity index (χ2n) is 2.79. The molecule has 16 heavy (non-hydrogen) atoms. The molecule has 0 aliphatic rings. The fourth-order valence-electron chi connectivity index (χ4n) is 0.739. The van der Waals surface area contributed by atoms with Crippen LogP contribution >= 0.6 is 9.47 Å². The van der Waals surface area contributed by atoms with E-state index in [2.05, 4.69) is 24.9 Å². The second kappa shape index (κ2) is 7.90. The standard InChI is InChI=1S/C8H14BN2O4P/c1-3-4-6(15-16)5(2)10-11-7(9)8(12)14-13/h3-4,10,13H,9,16H2,1-2H3/b4-3-,6-5-,11-7-. The number of hydrogen-bond donors (Lipinski definition) is 2. The molecule has 1 atom stereocenters. The van der Waals surface area contributed by atoms with Gasteiger partial charge in [-0.1, -0.05) is 6.08 Å². The van der Waals surface area contributed by atoms with Gasteiger partial charge in [0.25, 0.3) is 0 Å². The van der Waals surface area contributed by atoms with Gasteiger partial charge in [-0.2, -0.15) is 10.4 Å². The Morgan fingerprint density at radius 2 is 2.25 bits per heavy atom. The molecular formula is C8H14BN2O4P. The minimum absolute atomic E-state index is 0.00886. The van der Waals surface area contributed by atoms with Crippen LogP contribution in [0.4, 0.5) is 0 Å². The van der Waals surface area contributed by atoms with E-state index in [4.69, 9.17) is 9.78 Å². The zero-order valence-electron chi connectivity index (χ0n) is 9.35. The molecular weight excluding hydrogens is 230 g/mol. The van der Waals surface area contributed by atoms with E-state index in [0.29, 0.717) is 11.5 Å². The predicted octanol–water partition coefficient (Wildman–Crippen LogP) is 0.153. The smallest absolute Gasteiger partial charge is 0.378 e. The third-order valence-electron chi connectivity index (χ3n) is 1.58. The van der Waals surface area contributed by atoms with Crippen LogP contribution in [-0.4, -0.2) is 24.7 Å². The molecule has 0 heterocycles. The number of allylic oxidation sites excluding steroid dienone is 3. The van der Waals surface area contributed by atoms with Crippen LogP contribution in [0.25, 0.3) is 0 Å². The lowest BCUT2D eigenvalue weighted by Gasteiger charge is -2.06. The van der Waals surface area contributed by atoms with Crippen LogP contribution in [0.15, 0.2) is 28.7 Å². The number of rotatable bonds is 5. The Morgan fingerprint density at radius 1 is 1.62 bits per heavy atom. The minimum Gasteiger partial charge on any atom is -0.478 e. The zero-order valence-corrected chi connectivity index (χ0v) is 10.5. The van der Waals surface area contributed by atoms with E-state index in [9.17, 15) is 4.79 Å². The Balaban J connectivity index is 4.67. The van der Waals surface area contributed by atoms with Crippen molar-refractivity contribution in [3.63, 3.8) is 0 Å². The van der Waals surface area contributed by atoms with Gasteiger partial charge in [0.2, 0.25) is 0 Å². The quantitative estimate of drug-likeness (QED) is 0.137. The molecule has 2 N–H and O–H groups in total. The number of nitrogens with one attached hydrogen (secondary N) is 1. The summed E-state index contributed by atoms with van der Waals surface area (Å²) in [5, 5.41) is 11.8. The van der Waals surface area contributed by atoms with Crippen molar-refractivity contribution in [3.8, 4) is 0 Å². The van der Waals surface area contributed by atoms with Crippen molar-refractivity contribution in [2.45, 2.75) is 13.8 Å². The summed E-state index contributed by atoms with van der Waals surface area (Å²) in [6, 6.07) is 0. The van der Waals surface area contributed by atoms with Crippen molar-refractivity contribution in [3.05, 3.63) is 23.6 Å². The van der Waals surface area contributed by atoms with E-state index in [1.165, 1.54) is 7.85 Å². The third kappa shape index (κ3) is 4.95. The molecule has 0 rings (SSSR count). The van der Waals surface area contributed by atoms with Crippen LogP contribution in [0, 0.1) is 0 Å². The Bertz CT molecular complexity index is 341.